The van der Waals surface area contributed by atoms with Crippen molar-refractivity contribution in [3.8, 4) is 5.88 Å². The fourth-order valence-corrected chi connectivity index (χ4v) is 2.95. The molecule has 0 aliphatic heterocycles. The highest BCUT2D eigenvalue weighted by molar-refractivity contribution is 7.98. The van der Waals surface area contributed by atoms with Gasteiger partial charge in [-0.05, 0) is 27.0 Å². The van der Waals surface area contributed by atoms with Crippen molar-refractivity contribution >= 4 is 11.8 Å². The average molecular weight is 329 g/mol. The predicted octanol–water partition coefficient (Wildman–Crippen LogP) is 3.84. The van der Waals surface area contributed by atoms with Crippen LogP contribution in [-0.2, 0) is 20.8 Å². The van der Waals surface area contributed by atoms with E-state index in [0.717, 1.165) is 16.5 Å². The average Bonchev–Trinajstić information content (AvgIpc) is 2.85. The Balaban J connectivity index is 3.13. The molecule has 0 bridgehead atoms. The number of hydrogen-bond acceptors (Lipinski definition) is 5. The van der Waals surface area contributed by atoms with Crippen molar-refractivity contribution in [2.75, 3.05) is 32.7 Å². The van der Waals surface area contributed by atoms with Gasteiger partial charge in [-0.2, -0.15) is 0 Å². The largest absolute Gasteiger partial charge is 0.500 e. The second-order valence-electron chi connectivity index (χ2n) is 4.31. The van der Waals surface area contributed by atoms with Crippen LogP contribution >= 0.6 is 11.8 Å². The smallest absolute Gasteiger partial charge is 0.194 e. The molecule has 1 rings (SSSR count). The highest BCUT2D eigenvalue weighted by atomic mass is 32.2. The lowest BCUT2D eigenvalue weighted by atomic mass is 10.3. The maximum absolute atomic E-state index is 5.75. The first-order valence-electron chi connectivity index (χ1n) is 7.59. The Labute approximate surface area is 137 Å². The molecule has 6 heteroatoms. The molecule has 0 spiro atoms. The zero-order chi connectivity index (χ0) is 16.4. The third kappa shape index (κ3) is 4.97. The fraction of sp³-hybridized carbons (Fsp3) is 0.625. The summed E-state index contributed by atoms with van der Waals surface area (Å²) in [5, 5.41) is 1.07. The zero-order valence-electron chi connectivity index (χ0n) is 14.0. The SMILES string of the molecule is C=COCCn1c(OCC)cc(C(OCC)OCC)c1SC. The van der Waals surface area contributed by atoms with Gasteiger partial charge in [0.25, 0.3) is 0 Å². The van der Waals surface area contributed by atoms with Gasteiger partial charge in [0.1, 0.15) is 6.61 Å². The number of ether oxygens (including phenoxy) is 4. The minimum atomic E-state index is -0.377. The summed E-state index contributed by atoms with van der Waals surface area (Å²) in [6.45, 7) is 12.5. The second kappa shape index (κ2) is 10.6. The first-order valence-corrected chi connectivity index (χ1v) is 8.81. The molecule has 0 aromatic carbocycles. The van der Waals surface area contributed by atoms with Crippen LogP contribution in [0.25, 0.3) is 0 Å². The molecular formula is C16H27NO4S. The van der Waals surface area contributed by atoms with E-state index < -0.39 is 0 Å². The van der Waals surface area contributed by atoms with Gasteiger partial charge in [-0.15, -0.1) is 11.8 Å². The van der Waals surface area contributed by atoms with Crippen LogP contribution in [0.3, 0.4) is 0 Å². The molecule has 0 aliphatic carbocycles. The monoisotopic (exact) mass is 329 g/mol. The molecule has 0 fully saturated rings. The summed E-state index contributed by atoms with van der Waals surface area (Å²) >= 11 is 1.65. The van der Waals surface area contributed by atoms with Gasteiger partial charge in [0.15, 0.2) is 12.2 Å². The molecule has 0 N–H and O–H groups in total. The minimum absolute atomic E-state index is 0.377. The van der Waals surface area contributed by atoms with Crippen LogP contribution in [0.1, 0.15) is 32.6 Å². The standard InChI is InChI=1S/C16H27NO4S/c1-6-18-11-10-17-14(19-7-2)12-13(15(17)22-5)16(20-8-3)21-9-4/h6,12,16H,1,7-11H2,2-5H3. The van der Waals surface area contributed by atoms with Crippen LogP contribution in [-0.4, -0.2) is 37.3 Å². The number of thioether (sulfide) groups is 1. The summed E-state index contributed by atoms with van der Waals surface area (Å²) in [5.74, 6) is 0.805. The van der Waals surface area contributed by atoms with E-state index in [0.29, 0.717) is 33.0 Å². The van der Waals surface area contributed by atoms with Crippen LogP contribution in [0, 0.1) is 0 Å². The van der Waals surface area contributed by atoms with Crippen LogP contribution in [0.5, 0.6) is 5.88 Å². The quantitative estimate of drug-likeness (QED) is 0.252. The van der Waals surface area contributed by atoms with E-state index in [1.165, 1.54) is 6.26 Å². The molecular weight excluding hydrogens is 302 g/mol. The van der Waals surface area contributed by atoms with E-state index in [1.807, 2.05) is 33.1 Å². The fourth-order valence-electron chi connectivity index (χ4n) is 2.16. The lowest BCUT2D eigenvalue weighted by molar-refractivity contribution is -0.141. The molecule has 0 atom stereocenters. The van der Waals surface area contributed by atoms with Gasteiger partial charge in [0.2, 0.25) is 0 Å². The third-order valence-electron chi connectivity index (χ3n) is 2.96. The summed E-state index contributed by atoms with van der Waals surface area (Å²) < 4.78 is 24.6. The Morgan fingerprint density at radius 3 is 2.41 bits per heavy atom. The Hall–Kier alpha value is -1.11. The predicted molar refractivity (Wildman–Crippen MR) is 89.5 cm³/mol. The maximum Gasteiger partial charge on any atom is 0.194 e. The van der Waals surface area contributed by atoms with Gasteiger partial charge < -0.3 is 23.5 Å². The molecule has 5 nitrogen and oxygen atoms in total. The first kappa shape index (κ1) is 18.9. The highest BCUT2D eigenvalue weighted by Crippen LogP contribution is 2.35. The molecule has 0 saturated carbocycles. The summed E-state index contributed by atoms with van der Waals surface area (Å²) in [7, 11) is 0. The number of nitrogens with zero attached hydrogens (tertiary/aromatic N) is 1. The van der Waals surface area contributed by atoms with Crippen molar-refractivity contribution in [2.24, 2.45) is 0 Å². The van der Waals surface area contributed by atoms with Crippen molar-refractivity contribution in [3.63, 3.8) is 0 Å². The summed E-state index contributed by atoms with van der Waals surface area (Å²) in [6.07, 6.45) is 3.11. The maximum atomic E-state index is 5.75. The van der Waals surface area contributed by atoms with E-state index in [-0.39, 0.29) is 6.29 Å². The third-order valence-corrected chi connectivity index (χ3v) is 3.81. The van der Waals surface area contributed by atoms with Crippen molar-refractivity contribution < 1.29 is 18.9 Å². The van der Waals surface area contributed by atoms with Gasteiger partial charge in [-0.1, -0.05) is 6.58 Å². The van der Waals surface area contributed by atoms with E-state index >= 15 is 0 Å². The normalized spacial score (nSPS) is 11.0. The minimum Gasteiger partial charge on any atom is -0.500 e. The van der Waals surface area contributed by atoms with E-state index in [4.69, 9.17) is 18.9 Å². The molecule has 1 aromatic rings. The molecule has 0 amide bonds. The zero-order valence-corrected chi connectivity index (χ0v) is 14.8. The first-order chi connectivity index (χ1) is 10.7. The summed E-state index contributed by atoms with van der Waals surface area (Å²) in [6, 6.07) is 2.00. The molecule has 0 aliphatic rings. The van der Waals surface area contributed by atoms with Crippen molar-refractivity contribution in [2.45, 2.75) is 38.6 Å². The molecule has 1 heterocycles. The molecule has 126 valence electrons. The van der Waals surface area contributed by atoms with Crippen molar-refractivity contribution in [1.82, 2.24) is 4.57 Å². The second-order valence-corrected chi connectivity index (χ2v) is 5.11. The van der Waals surface area contributed by atoms with E-state index in [2.05, 4.69) is 11.1 Å². The summed E-state index contributed by atoms with van der Waals surface area (Å²) in [5.41, 5.74) is 0.998. The van der Waals surface area contributed by atoms with E-state index in [9.17, 15) is 0 Å². The van der Waals surface area contributed by atoms with Crippen LogP contribution in [0.15, 0.2) is 23.9 Å². The molecule has 0 radical (unpaired) electrons. The van der Waals surface area contributed by atoms with Crippen LogP contribution in [0.4, 0.5) is 0 Å². The lowest BCUT2D eigenvalue weighted by Crippen LogP contribution is -2.11. The highest BCUT2D eigenvalue weighted by Gasteiger charge is 2.23. The van der Waals surface area contributed by atoms with Gasteiger partial charge in [0, 0.05) is 24.8 Å². The topological polar surface area (TPSA) is 41.9 Å². The molecule has 22 heavy (non-hydrogen) atoms. The Kier molecular flexibility index (Phi) is 9.11. The molecule has 0 unspecified atom stereocenters. The Morgan fingerprint density at radius 2 is 1.91 bits per heavy atom. The van der Waals surface area contributed by atoms with Crippen LogP contribution < -0.4 is 4.74 Å². The van der Waals surface area contributed by atoms with Gasteiger partial charge in [-0.25, -0.2) is 0 Å². The number of hydrogen-bond donors (Lipinski definition) is 0. The van der Waals surface area contributed by atoms with Gasteiger partial charge in [0.05, 0.1) is 24.4 Å². The van der Waals surface area contributed by atoms with Crippen molar-refractivity contribution in [1.29, 1.82) is 0 Å². The van der Waals surface area contributed by atoms with E-state index in [1.54, 1.807) is 11.8 Å². The van der Waals surface area contributed by atoms with Gasteiger partial charge >= 0.3 is 0 Å². The Bertz CT molecular complexity index is 442. The lowest BCUT2D eigenvalue weighted by Gasteiger charge is -2.18. The molecule has 0 saturated heterocycles. The Morgan fingerprint density at radius 1 is 1.23 bits per heavy atom. The van der Waals surface area contributed by atoms with Gasteiger partial charge in [-0.3, -0.25) is 0 Å². The van der Waals surface area contributed by atoms with Crippen LogP contribution in [0.2, 0.25) is 0 Å². The summed E-state index contributed by atoms with van der Waals surface area (Å²) in [4.78, 5) is 0. The number of rotatable bonds is 12. The van der Waals surface area contributed by atoms with Crippen molar-refractivity contribution in [3.05, 3.63) is 24.5 Å². The molecule has 1 aromatic heterocycles. The number of aromatic nitrogens is 1.